The Hall–Kier alpha value is -0.120. The molecule has 0 heterocycles. The summed E-state index contributed by atoms with van der Waals surface area (Å²) in [6.07, 6.45) is 0. The molecule has 0 aromatic heterocycles. The van der Waals surface area contributed by atoms with Gasteiger partial charge in [-0.15, -0.1) is 0 Å². The summed E-state index contributed by atoms with van der Waals surface area (Å²) >= 11 is 0. The van der Waals surface area contributed by atoms with Gasteiger partial charge in [0.2, 0.25) is 0 Å². The van der Waals surface area contributed by atoms with Crippen LogP contribution < -0.4 is 5.73 Å². The molecular weight excluding hydrogens is 106 g/mol. The molecule has 0 fully saturated rings. The van der Waals surface area contributed by atoms with Gasteiger partial charge in [-0.3, -0.25) is 0 Å². The Morgan fingerprint density at radius 1 is 1.75 bits per heavy atom. The summed E-state index contributed by atoms with van der Waals surface area (Å²) < 4.78 is 0. The molecule has 0 aliphatic carbocycles. The van der Waals surface area contributed by atoms with Crippen LogP contribution in [0.3, 0.4) is 0 Å². The Balaban J connectivity index is 3.29. The van der Waals surface area contributed by atoms with E-state index in [1.165, 1.54) is 0 Å². The van der Waals surface area contributed by atoms with Crippen LogP contribution in [0.5, 0.6) is 0 Å². The quantitative estimate of drug-likeness (QED) is 0.518. The van der Waals surface area contributed by atoms with E-state index < -0.39 is 0 Å². The van der Waals surface area contributed by atoms with Crippen LogP contribution in [-0.2, 0) is 5.11 Å². The molecule has 8 heavy (non-hydrogen) atoms. The van der Waals surface area contributed by atoms with E-state index in [1.54, 1.807) is 6.92 Å². The molecular formula is C5H12NO2. The van der Waals surface area contributed by atoms with Gasteiger partial charge < -0.3 is 10.8 Å². The van der Waals surface area contributed by atoms with E-state index in [2.05, 4.69) is 0 Å². The van der Waals surface area contributed by atoms with Crippen molar-refractivity contribution < 1.29 is 10.2 Å². The average Bonchev–Trinajstić information content (AvgIpc) is 1.84. The smallest absolute Gasteiger partial charge is 0.0976 e. The summed E-state index contributed by atoms with van der Waals surface area (Å²) in [6, 6.07) is -0.389. The van der Waals surface area contributed by atoms with Gasteiger partial charge >= 0.3 is 0 Å². The van der Waals surface area contributed by atoms with Crippen LogP contribution >= 0.6 is 0 Å². The number of aliphatic hydroxyl groups is 1. The molecule has 0 aromatic carbocycles. The fourth-order valence-corrected chi connectivity index (χ4v) is 0.300. The molecule has 0 saturated heterocycles. The maximum Gasteiger partial charge on any atom is 0.0976 e. The predicted molar refractivity (Wildman–Crippen MR) is 29.8 cm³/mol. The molecule has 0 rings (SSSR count). The van der Waals surface area contributed by atoms with E-state index in [9.17, 15) is 5.11 Å². The van der Waals surface area contributed by atoms with Crippen molar-refractivity contribution in [2.24, 2.45) is 11.7 Å². The third-order valence-electron chi connectivity index (χ3n) is 1.21. The highest BCUT2D eigenvalue weighted by Crippen LogP contribution is 1.96. The summed E-state index contributed by atoms with van der Waals surface area (Å²) in [5, 5.41) is 18.4. The van der Waals surface area contributed by atoms with Gasteiger partial charge in [-0.05, 0) is 5.92 Å². The highest BCUT2D eigenvalue weighted by molar-refractivity contribution is 4.65. The summed E-state index contributed by atoms with van der Waals surface area (Å²) in [5.74, 6) is -0.0625. The van der Waals surface area contributed by atoms with E-state index in [-0.39, 0.29) is 25.2 Å². The Bertz CT molecular complexity index is 50.4. The zero-order valence-electron chi connectivity index (χ0n) is 5.00. The first kappa shape index (κ1) is 7.88. The molecule has 0 amide bonds. The Morgan fingerprint density at radius 3 is 2.38 bits per heavy atom. The number of aliphatic hydroxyl groups excluding tert-OH is 1. The lowest BCUT2D eigenvalue weighted by Gasteiger charge is -2.12. The minimum atomic E-state index is -0.389. The molecule has 2 atom stereocenters. The maximum atomic E-state index is 9.99. The largest absolute Gasteiger partial charge is 0.396 e. The second-order valence-corrected chi connectivity index (χ2v) is 1.99. The first-order chi connectivity index (χ1) is 3.72. The van der Waals surface area contributed by atoms with Gasteiger partial charge in [-0.25, -0.2) is 5.11 Å². The van der Waals surface area contributed by atoms with Crippen molar-refractivity contribution in [1.29, 1.82) is 0 Å². The highest BCUT2D eigenvalue weighted by Gasteiger charge is 2.09. The summed E-state index contributed by atoms with van der Waals surface area (Å²) in [4.78, 5) is 0. The summed E-state index contributed by atoms with van der Waals surface area (Å²) in [5.41, 5.74) is 5.25. The van der Waals surface area contributed by atoms with Gasteiger partial charge in [-0.1, -0.05) is 6.92 Å². The average molecular weight is 118 g/mol. The van der Waals surface area contributed by atoms with E-state index in [4.69, 9.17) is 10.8 Å². The molecule has 0 aromatic rings. The lowest BCUT2D eigenvalue weighted by molar-refractivity contribution is 0.126. The standard InChI is InChI=1S/C5H12NO2/c1-4(2-7)5(6)3-8/h4-5,7H,2-3,6H2,1H3. The molecule has 1 radical (unpaired) electrons. The molecule has 0 bridgehead atoms. The topological polar surface area (TPSA) is 66.2 Å². The molecule has 3 nitrogen and oxygen atoms in total. The third-order valence-corrected chi connectivity index (χ3v) is 1.21. The lowest BCUT2D eigenvalue weighted by atomic mass is 10.1. The van der Waals surface area contributed by atoms with Crippen LogP contribution in [0.2, 0.25) is 0 Å². The minimum absolute atomic E-state index is 0.00338. The van der Waals surface area contributed by atoms with Gasteiger partial charge in [-0.2, -0.15) is 0 Å². The van der Waals surface area contributed by atoms with E-state index >= 15 is 0 Å². The number of hydrogen-bond donors (Lipinski definition) is 2. The van der Waals surface area contributed by atoms with E-state index in [0.29, 0.717) is 0 Å². The summed E-state index contributed by atoms with van der Waals surface area (Å²) in [7, 11) is 0. The van der Waals surface area contributed by atoms with Crippen LogP contribution in [0.25, 0.3) is 0 Å². The predicted octanol–water partition coefficient (Wildman–Crippen LogP) is -0.627. The number of rotatable bonds is 3. The van der Waals surface area contributed by atoms with Gasteiger partial charge in [0.15, 0.2) is 0 Å². The molecule has 49 valence electrons. The van der Waals surface area contributed by atoms with Crippen molar-refractivity contribution in [2.45, 2.75) is 13.0 Å². The zero-order chi connectivity index (χ0) is 6.57. The second kappa shape index (κ2) is 3.83. The van der Waals surface area contributed by atoms with E-state index in [1.807, 2.05) is 0 Å². The molecule has 0 aliphatic heterocycles. The number of nitrogens with two attached hydrogens (primary N) is 1. The lowest BCUT2D eigenvalue weighted by Crippen LogP contribution is -2.33. The molecule has 0 saturated carbocycles. The zero-order valence-corrected chi connectivity index (χ0v) is 5.00. The van der Waals surface area contributed by atoms with Crippen LogP contribution in [0.4, 0.5) is 0 Å². The Kier molecular flexibility index (Phi) is 3.77. The molecule has 3 heteroatoms. The monoisotopic (exact) mass is 118 g/mol. The molecule has 3 N–H and O–H groups in total. The molecule has 0 spiro atoms. The second-order valence-electron chi connectivity index (χ2n) is 1.99. The van der Waals surface area contributed by atoms with Crippen molar-refractivity contribution in [3.63, 3.8) is 0 Å². The van der Waals surface area contributed by atoms with Gasteiger partial charge in [0.25, 0.3) is 0 Å². The minimum Gasteiger partial charge on any atom is -0.396 e. The van der Waals surface area contributed by atoms with Crippen molar-refractivity contribution in [3.8, 4) is 0 Å². The fourth-order valence-electron chi connectivity index (χ4n) is 0.300. The molecule has 0 aliphatic rings. The van der Waals surface area contributed by atoms with Gasteiger partial charge in [0.1, 0.15) is 0 Å². The van der Waals surface area contributed by atoms with Gasteiger partial charge in [0.05, 0.1) is 6.61 Å². The van der Waals surface area contributed by atoms with Crippen LogP contribution in [0.15, 0.2) is 0 Å². The van der Waals surface area contributed by atoms with Crippen LogP contribution in [-0.4, -0.2) is 24.4 Å². The SMILES string of the molecule is CC(CO)C(N)C[O]. The van der Waals surface area contributed by atoms with E-state index in [0.717, 1.165) is 0 Å². The van der Waals surface area contributed by atoms with Crippen molar-refractivity contribution in [2.75, 3.05) is 13.2 Å². The third kappa shape index (κ3) is 2.26. The van der Waals surface area contributed by atoms with Gasteiger partial charge in [0, 0.05) is 12.6 Å². The first-order valence-corrected chi connectivity index (χ1v) is 2.67. The normalized spacial score (nSPS) is 18.0. The van der Waals surface area contributed by atoms with Crippen molar-refractivity contribution >= 4 is 0 Å². The molecule has 2 unspecified atom stereocenters. The maximum absolute atomic E-state index is 9.99. The highest BCUT2D eigenvalue weighted by atomic mass is 16.3. The number of hydrogen-bond acceptors (Lipinski definition) is 2. The fraction of sp³-hybridized carbons (Fsp3) is 1.00. The van der Waals surface area contributed by atoms with Crippen LogP contribution in [0.1, 0.15) is 6.92 Å². The Morgan fingerprint density at radius 2 is 2.25 bits per heavy atom. The van der Waals surface area contributed by atoms with Crippen molar-refractivity contribution in [1.82, 2.24) is 0 Å². The Labute approximate surface area is 49.1 Å². The summed E-state index contributed by atoms with van der Waals surface area (Å²) in [6.45, 7) is 1.45. The van der Waals surface area contributed by atoms with Crippen LogP contribution in [0, 0.1) is 5.92 Å². The first-order valence-electron chi connectivity index (χ1n) is 2.67. The van der Waals surface area contributed by atoms with Crippen molar-refractivity contribution in [3.05, 3.63) is 0 Å².